The van der Waals surface area contributed by atoms with Crippen LogP contribution in [-0.4, -0.2) is 16.4 Å². The molecule has 0 fully saturated rings. The lowest BCUT2D eigenvalue weighted by Crippen LogP contribution is -2.21. The molecule has 0 aliphatic carbocycles. The van der Waals surface area contributed by atoms with Gasteiger partial charge in [-0.15, -0.1) is 11.3 Å². The van der Waals surface area contributed by atoms with Crippen molar-refractivity contribution in [2.24, 2.45) is 0 Å². The highest BCUT2D eigenvalue weighted by Crippen LogP contribution is 2.23. The Hall–Kier alpha value is -1.88. The molecule has 1 aromatic carbocycles. The molecule has 0 aliphatic heterocycles. The van der Waals surface area contributed by atoms with Crippen LogP contribution < -0.4 is 4.74 Å². The van der Waals surface area contributed by atoms with Crippen LogP contribution in [0.25, 0.3) is 0 Å². The average molecular weight is 373 g/mol. The molecule has 0 N–H and O–H groups in total. The fourth-order valence-electron chi connectivity index (χ4n) is 2.53. The summed E-state index contributed by atoms with van der Waals surface area (Å²) in [5.41, 5.74) is 2.20. The van der Waals surface area contributed by atoms with E-state index >= 15 is 0 Å². The highest BCUT2D eigenvalue weighted by molar-refractivity contribution is 7.16. The zero-order chi connectivity index (χ0) is 17.5. The molecule has 3 rings (SSSR count). The van der Waals surface area contributed by atoms with Gasteiger partial charge in [0.1, 0.15) is 12.4 Å². The van der Waals surface area contributed by atoms with E-state index in [2.05, 4.69) is 35.0 Å². The summed E-state index contributed by atoms with van der Waals surface area (Å²) in [5, 5.41) is 0. The van der Waals surface area contributed by atoms with Crippen LogP contribution >= 0.6 is 22.9 Å². The number of rotatable bonds is 8. The number of pyridine rings is 1. The molecule has 0 saturated carbocycles. The van der Waals surface area contributed by atoms with Gasteiger partial charge in [0.15, 0.2) is 0 Å². The lowest BCUT2D eigenvalue weighted by Gasteiger charge is -2.19. The van der Waals surface area contributed by atoms with Crippen LogP contribution in [0.3, 0.4) is 0 Å². The van der Waals surface area contributed by atoms with Crippen LogP contribution in [0.5, 0.6) is 5.75 Å². The highest BCUT2D eigenvalue weighted by atomic mass is 35.5. The second-order valence-electron chi connectivity index (χ2n) is 5.76. The molecule has 0 spiro atoms. The van der Waals surface area contributed by atoms with Crippen LogP contribution in [0.2, 0.25) is 4.34 Å². The maximum absolute atomic E-state index is 6.02. The summed E-state index contributed by atoms with van der Waals surface area (Å²) < 4.78 is 6.64. The van der Waals surface area contributed by atoms with E-state index in [0.29, 0.717) is 6.61 Å². The van der Waals surface area contributed by atoms with Gasteiger partial charge in [0.25, 0.3) is 0 Å². The maximum Gasteiger partial charge on any atom is 0.130 e. The predicted octanol–water partition coefficient (Wildman–Crippen LogP) is 5.40. The first-order valence-electron chi connectivity index (χ1n) is 8.31. The molecule has 0 bridgehead atoms. The van der Waals surface area contributed by atoms with Crippen LogP contribution in [0.1, 0.15) is 23.1 Å². The van der Waals surface area contributed by atoms with Crippen molar-refractivity contribution in [3.63, 3.8) is 0 Å². The molecule has 0 aliphatic rings. The fourth-order valence-corrected chi connectivity index (χ4v) is 3.66. The van der Waals surface area contributed by atoms with Gasteiger partial charge in [0, 0.05) is 24.2 Å². The standard InChI is InChI=1S/C20H21ClN2OS/c1-2-23(14-19-10-11-20(21)25-19)13-16-6-8-18(9-7-16)24-15-17-5-3-4-12-22-17/h3-12H,2,13-15H2,1H3. The Morgan fingerprint density at radius 3 is 2.52 bits per heavy atom. The first kappa shape index (κ1) is 17.9. The van der Waals surface area contributed by atoms with Gasteiger partial charge in [0.2, 0.25) is 0 Å². The van der Waals surface area contributed by atoms with Crippen molar-refractivity contribution in [2.75, 3.05) is 6.54 Å². The summed E-state index contributed by atoms with van der Waals surface area (Å²) in [5.74, 6) is 0.863. The molecule has 2 aromatic heterocycles. The molecule has 25 heavy (non-hydrogen) atoms. The monoisotopic (exact) mass is 372 g/mol. The van der Waals surface area contributed by atoms with Gasteiger partial charge in [-0.05, 0) is 48.5 Å². The van der Waals surface area contributed by atoms with E-state index in [1.807, 2.05) is 36.4 Å². The van der Waals surface area contributed by atoms with E-state index in [-0.39, 0.29) is 0 Å². The molecule has 5 heteroatoms. The van der Waals surface area contributed by atoms with Crippen molar-refractivity contribution in [1.29, 1.82) is 0 Å². The van der Waals surface area contributed by atoms with Crippen molar-refractivity contribution in [3.8, 4) is 5.75 Å². The van der Waals surface area contributed by atoms with Gasteiger partial charge < -0.3 is 4.74 Å². The highest BCUT2D eigenvalue weighted by Gasteiger charge is 2.07. The van der Waals surface area contributed by atoms with Crippen molar-refractivity contribution < 1.29 is 4.74 Å². The summed E-state index contributed by atoms with van der Waals surface area (Å²) >= 11 is 7.67. The lowest BCUT2D eigenvalue weighted by molar-refractivity contribution is 0.273. The van der Waals surface area contributed by atoms with E-state index < -0.39 is 0 Å². The van der Waals surface area contributed by atoms with Gasteiger partial charge in [-0.2, -0.15) is 0 Å². The Morgan fingerprint density at radius 2 is 1.88 bits per heavy atom. The zero-order valence-electron chi connectivity index (χ0n) is 14.2. The molecule has 3 nitrogen and oxygen atoms in total. The van der Waals surface area contributed by atoms with E-state index in [1.165, 1.54) is 10.4 Å². The van der Waals surface area contributed by atoms with Crippen LogP contribution in [-0.2, 0) is 19.7 Å². The molecule has 3 aromatic rings. The molecule has 0 saturated heterocycles. The van der Waals surface area contributed by atoms with E-state index in [4.69, 9.17) is 16.3 Å². The number of hydrogen-bond acceptors (Lipinski definition) is 4. The second kappa shape index (κ2) is 8.99. The number of aromatic nitrogens is 1. The molecule has 0 atom stereocenters. The minimum absolute atomic E-state index is 0.487. The summed E-state index contributed by atoms with van der Waals surface area (Å²) in [6, 6.07) is 18.2. The van der Waals surface area contributed by atoms with Crippen molar-refractivity contribution in [2.45, 2.75) is 26.6 Å². The van der Waals surface area contributed by atoms with Gasteiger partial charge in [-0.3, -0.25) is 9.88 Å². The normalized spacial score (nSPS) is 11.0. The molecule has 0 amide bonds. The van der Waals surface area contributed by atoms with E-state index in [1.54, 1.807) is 17.5 Å². The molecular formula is C20H21ClN2OS. The largest absolute Gasteiger partial charge is 0.487 e. The first-order valence-corrected chi connectivity index (χ1v) is 9.50. The van der Waals surface area contributed by atoms with Crippen LogP contribution in [0, 0.1) is 0 Å². The number of hydrogen-bond donors (Lipinski definition) is 0. The zero-order valence-corrected chi connectivity index (χ0v) is 15.8. The third-order valence-corrected chi connectivity index (χ3v) is 5.11. The number of thiophene rings is 1. The molecule has 0 radical (unpaired) electrons. The summed E-state index contributed by atoms with van der Waals surface area (Å²) in [6.07, 6.45) is 1.78. The first-order chi connectivity index (χ1) is 12.2. The number of halogens is 1. The molecule has 0 unspecified atom stereocenters. The lowest BCUT2D eigenvalue weighted by atomic mass is 10.2. The molecular weight excluding hydrogens is 352 g/mol. The quantitative estimate of drug-likeness (QED) is 0.529. The number of nitrogens with zero attached hydrogens (tertiary/aromatic N) is 2. The minimum atomic E-state index is 0.487. The number of benzene rings is 1. The fraction of sp³-hybridized carbons (Fsp3) is 0.250. The topological polar surface area (TPSA) is 25.4 Å². The van der Waals surface area contributed by atoms with Gasteiger partial charge in [-0.25, -0.2) is 0 Å². The Labute approximate surface area is 157 Å². The Bertz CT molecular complexity index is 774. The summed E-state index contributed by atoms with van der Waals surface area (Å²) in [4.78, 5) is 7.95. The Kier molecular flexibility index (Phi) is 6.45. The third-order valence-electron chi connectivity index (χ3n) is 3.90. The van der Waals surface area contributed by atoms with Gasteiger partial charge in [-0.1, -0.05) is 36.7 Å². The van der Waals surface area contributed by atoms with Gasteiger partial charge >= 0.3 is 0 Å². The summed E-state index contributed by atoms with van der Waals surface area (Å²) in [6.45, 7) is 5.49. The average Bonchev–Trinajstić information content (AvgIpc) is 3.06. The van der Waals surface area contributed by atoms with Crippen LogP contribution in [0.15, 0.2) is 60.8 Å². The molecule has 130 valence electrons. The second-order valence-corrected chi connectivity index (χ2v) is 7.56. The van der Waals surface area contributed by atoms with E-state index in [0.717, 1.165) is 35.4 Å². The van der Waals surface area contributed by atoms with E-state index in [9.17, 15) is 0 Å². The van der Waals surface area contributed by atoms with Crippen LogP contribution in [0.4, 0.5) is 0 Å². The SMILES string of the molecule is CCN(Cc1ccc(OCc2ccccn2)cc1)Cc1ccc(Cl)s1. The Morgan fingerprint density at radius 1 is 1.04 bits per heavy atom. The molecule has 2 heterocycles. The summed E-state index contributed by atoms with van der Waals surface area (Å²) in [7, 11) is 0. The Balaban J connectivity index is 1.54. The smallest absolute Gasteiger partial charge is 0.130 e. The minimum Gasteiger partial charge on any atom is -0.487 e. The van der Waals surface area contributed by atoms with Crippen molar-refractivity contribution in [1.82, 2.24) is 9.88 Å². The van der Waals surface area contributed by atoms with Gasteiger partial charge in [0.05, 0.1) is 10.0 Å². The van der Waals surface area contributed by atoms with Crippen molar-refractivity contribution in [3.05, 3.63) is 81.3 Å². The van der Waals surface area contributed by atoms with Crippen molar-refractivity contribution >= 4 is 22.9 Å². The number of ether oxygens (including phenoxy) is 1. The predicted molar refractivity (Wildman–Crippen MR) is 104 cm³/mol. The third kappa shape index (κ3) is 5.56. The maximum atomic E-state index is 6.02.